The predicted molar refractivity (Wildman–Crippen MR) is 104 cm³/mol. The smallest absolute Gasteiger partial charge is 0.225 e. The standard InChI is InChI=1S/C20H26N6O/c1-24-12-16(17-5-7-22-19(23-17)25-8-10-27-11-9-25)20(13-24)14-26(15-20)18-4-2-3-6-21-18/h2-7,16H,8-15H2,1H3. The van der Waals surface area contributed by atoms with Crippen molar-refractivity contribution in [2.75, 3.05) is 69.3 Å². The molecule has 0 amide bonds. The second-order valence-electron chi connectivity index (χ2n) is 8.04. The van der Waals surface area contributed by atoms with Crippen LogP contribution in [0.2, 0.25) is 0 Å². The average molecular weight is 366 g/mol. The van der Waals surface area contributed by atoms with Crippen molar-refractivity contribution >= 4 is 11.8 Å². The quantitative estimate of drug-likeness (QED) is 0.810. The van der Waals surface area contributed by atoms with Crippen molar-refractivity contribution in [3.8, 4) is 0 Å². The van der Waals surface area contributed by atoms with E-state index >= 15 is 0 Å². The second-order valence-corrected chi connectivity index (χ2v) is 8.04. The molecule has 27 heavy (non-hydrogen) atoms. The van der Waals surface area contributed by atoms with Gasteiger partial charge in [-0.05, 0) is 25.2 Å². The molecule has 7 heteroatoms. The van der Waals surface area contributed by atoms with Crippen molar-refractivity contribution in [1.82, 2.24) is 19.9 Å². The molecule has 3 aliphatic rings. The summed E-state index contributed by atoms with van der Waals surface area (Å²) in [6.45, 7) is 7.48. The molecule has 3 saturated heterocycles. The maximum absolute atomic E-state index is 5.46. The predicted octanol–water partition coefficient (Wildman–Crippen LogP) is 1.24. The minimum atomic E-state index is 0.253. The first-order chi connectivity index (χ1) is 13.2. The lowest BCUT2D eigenvalue weighted by Crippen LogP contribution is -2.60. The van der Waals surface area contributed by atoms with Gasteiger partial charge >= 0.3 is 0 Å². The number of likely N-dealkylation sites (tertiary alicyclic amines) is 1. The Morgan fingerprint density at radius 3 is 2.63 bits per heavy atom. The molecule has 0 radical (unpaired) electrons. The maximum atomic E-state index is 5.46. The van der Waals surface area contributed by atoms with Crippen molar-refractivity contribution in [2.24, 2.45) is 5.41 Å². The first-order valence-corrected chi connectivity index (χ1v) is 9.74. The number of rotatable bonds is 3. The lowest BCUT2D eigenvalue weighted by molar-refractivity contribution is 0.122. The van der Waals surface area contributed by atoms with E-state index in [0.717, 1.165) is 64.2 Å². The van der Waals surface area contributed by atoms with Crippen LogP contribution in [0.1, 0.15) is 11.6 Å². The topological polar surface area (TPSA) is 57.6 Å². The second kappa shape index (κ2) is 6.73. The molecule has 142 valence electrons. The molecular formula is C20H26N6O. The van der Waals surface area contributed by atoms with Gasteiger partial charge < -0.3 is 19.4 Å². The third kappa shape index (κ3) is 3.04. The van der Waals surface area contributed by atoms with Crippen LogP contribution in [-0.4, -0.2) is 79.4 Å². The van der Waals surface area contributed by atoms with Gasteiger partial charge in [0.15, 0.2) is 0 Å². The minimum absolute atomic E-state index is 0.253. The molecule has 5 heterocycles. The molecule has 0 N–H and O–H groups in total. The van der Waals surface area contributed by atoms with E-state index in [9.17, 15) is 0 Å². The first kappa shape index (κ1) is 16.9. The van der Waals surface area contributed by atoms with Crippen LogP contribution in [0.25, 0.3) is 0 Å². The van der Waals surface area contributed by atoms with Gasteiger partial charge in [-0.2, -0.15) is 0 Å². The Labute approximate surface area is 160 Å². The molecule has 1 atom stereocenters. The van der Waals surface area contributed by atoms with E-state index in [1.165, 1.54) is 5.69 Å². The van der Waals surface area contributed by atoms with Gasteiger partial charge in [0.05, 0.1) is 18.9 Å². The number of morpholine rings is 1. The Morgan fingerprint density at radius 1 is 1.00 bits per heavy atom. The van der Waals surface area contributed by atoms with E-state index in [1.54, 1.807) is 0 Å². The Morgan fingerprint density at radius 2 is 1.85 bits per heavy atom. The zero-order valence-electron chi connectivity index (χ0n) is 15.8. The van der Waals surface area contributed by atoms with Crippen LogP contribution >= 0.6 is 0 Å². The molecule has 0 saturated carbocycles. The number of hydrogen-bond donors (Lipinski definition) is 0. The van der Waals surface area contributed by atoms with Gasteiger partial charge in [0.2, 0.25) is 5.95 Å². The normalized spacial score (nSPS) is 25.0. The van der Waals surface area contributed by atoms with Crippen molar-refractivity contribution in [1.29, 1.82) is 0 Å². The summed E-state index contributed by atoms with van der Waals surface area (Å²) in [6.07, 6.45) is 3.80. The van der Waals surface area contributed by atoms with Crippen molar-refractivity contribution in [2.45, 2.75) is 5.92 Å². The van der Waals surface area contributed by atoms with E-state index in [0.29, 0.717) is 5.92 Å². The van der Waals surface area contributed by atoms with Gasteiger partial charge in [-0.25, -0.2) is 15.0 Å². The van der Waals surface area contributed by atoms with Gasteiger partial charge in [0.1, 0.15) is 5.82 Å². The average Bonchev–Trinajstić information content (AvgIpc) is 3.06. The number of hydrogen-bond acceptors (Lipinski definition) is 7. The van der Waals surface area contributed by atoms with Crippen LogP contribution in [-0.2, 0) is 4.74 Å². The van der Waals surface area contributed by atoms with E-state index in [4.69, 9.17) is 9.72 Å². The van der Waals surface area contributed by atoms with Gasteiger partial charge in [0, 0.05) is 63.0 Å². The number of pyridine rings is 1. The van der Waals surface area contributed by atoms with Gasteiger partial charge in [-0.15, -0.1) is 0 Å². The molecule has 1 spiro atoms. The highest BCUT2D eigenvalue weighted by Gasteiger charge is 2.54. The summed E-state index contributed by atoms with van der Waals surface area (Å²) in [5, 5.41) is 0. The zero-order valence-corrected chi connectivity index (χ0v) is 15.8. The monoisotopic (exact) mass is 366 g/mol. The fraction of sp³-hybridized carbons (Fsp3) is 0.550. The summed E-state index contributed by atoms with van der Waals surface area (Å²) in [4.78, 5) is 21.1. The molecule has 7 nitrogen and oxygen atoms in total. The van der Waals surface area contributed by atoms with Crippen LogP contribution in [0, 0.1) is 5.41 Å². The van der Waals surface area contributed by atoms with E-state index in [1.807, 2.05) is 18.5 Å². The third-order valence-electron chi connectivity index (χ3n) is 6.12. The van der Waals surface area contributed by atoms with E-state index in [2.05, 4.69) is 49.9 Å². The minimum Gasteiger partial charge on any atom is -0.378 e. The van der Waals surface area contributed by atoms with Crippen molar-refractivity contribution < 1.29 is 4.74 Å². The van der Waals surface area contributed by atoms with Crippen LogP contribution in [0.4, 0.5) is 11.8 Å². The van der Waals surface area contributed by atoms with Crippen LogP contribution in [0.15, 0.2) is 36.7 Å². The Bertz CT molecular complexity index is 788. The number of anilines is 2. The SMILES string of the molecule is CN1CC(c2ccnc(N3CCOCC3)n2)C2(C1)CN(c1ccccn1)C2. The van der Waals surface area contributed by atoms with Gasteiger partial charge in [-0.1, -0.05) is 6.07 Å². The largest absolute Gasteiger partial charge is 0.378 e. The van der Waals surface area contributed by atoms with Gasteiger partial charge in [0.25, 0.3) is 0 Å². The summed E-state index contributed by atoms with van der Waals surface area (Å²) in [7, 11) is 2.22. The molecule has 0 bridgehead atoms. The Balaban J connectivity index is 1.38. The fourth-order valence-electron chi connectivity index (χ4n) is 4.83. The molecule has 2 aromatic rings. The van der Waals surface area contributed by atoms with Crippen molar-refractivity contribution in [3.05, 3.63) is 42.4 Å². The molecule has 3 aliphatic heterocycles. The lowest BCUT2D eigenvalue weighted by atomic mass is 9.70. The summed E-state index contributed by atoms with van der Waals surface area (Å²) in [5.74, 6) is 2.36. The molecule has 1 unspecified atom stereocenters. The highest BCUT2D eigenvalue weighted by molar-refractivity contribution is 5.45. The fourth-order valence-corrected chi connectivity index (χ4v) is 4.83. The number of nitrogens with zero attached hydrogens (tertiary/aromatic N) is 6. The number of ether oxygens (including phenoxy) is 1. The molecule has 5 rings (SSSR count). The Kier molecular flexibility index (Phi) is 4.21. The van der Waals surface area contributed by atoms with Gasteiger partial charge in [-0.3, -0.25) is 0 Å². The Hall–Kier alpha value is -2.25. The highest BCUT2D eigenvalue weighted by Crippen LogP contribution is 2.49. The number of aromatic nitrogens is 3. The summed E-state index contributed by atoms with van der Waals surface area (Å²) >= 11 is 0. The number of likely N-dealkylation sites (N-methyl/N-ethyl adjacent to an activating group) is 1. The molecular weight excluding hydrogens is 340 g/mol. The molecule has 0 aliphatic carbocycles. The van der Waals surface area contributed by atoms with E-state index < -0.39 is 0 Å². The highest BCUT2D eigenvalue weighted by atomic mass is 16.5. The maximum Gasteiger partial charge on any atom is 0.225 e. The molecule has 2 aromatic heterocycles. The van der Waals surface area contributed by atoms with Crippen LogP contribution in [0.5, 0.6) is 0 Å². The van der Waals surface area contributed by atoms with Crippen LogP contribution in [0.3, 0.4) is 0 Å². The first-order valence-electron chi connectivity index (χ1n) is 9.74. The third-order valence-corrected chi connectivity index (χ3v) is 6.12. The zero-order chi connectivity index (χ0) is 18.3. The van der Waals surface area contributed by atoms with E-state index in [-0.39, 0.29) is 5.41 Å². The van der Waals surface area contributed by atoms with Crippen molar-refractivity contribution in [3.63, 3.8) is 0 Å². The summed E-state index contributed by atoms with van der Waals surface area (Å²) in [5.41, 5.74) is 1.43. The van der Waals surface area contributed by atoms with Crippen LogP contribution < -0.4 is 9.80 Å². The lowest BCUT2D eigenvalue weighted by Gasteiger charge is -2.51. The molecule has 3 fully saturated rings. The summed E-state index contributed by atoms with van der Waals surface area (Å²) in [6, 6.07) is 8.24. The molecule has 0 aromatic carbocycles. The summed E-state index contributed by atoms with van der Waals surface area (Å²) < 4.78 is 5.46.